The summed E-state index contributed by atoms with van der Waals surface area (Å²) in [5, 5.41) is 20.4. The van der Waals surface area contributed by atoms with E-state index < -0.39 is 12.2 Å². The number of rotatable bonds is 12. The van der Waals surface area contributed by atoms with Crippen molar-refractivity contribution in [3.63, 3.8) is 0 Å². The standard InChI is InChI=1S/C23H32O6/c1-16(23(28-4)19-13-18(26-2)10-11-21(19)27-3)12-20(25)22(14-24)29-15-17-8-6-5-7-9-17/h5-11,13,16,20,22-25H,12,14-15H2,1-4H3/t16-,20-,22+,23+/m0/s1. The van der Waals surface area contributed by atoms with Gasteiger partial charge in [-0.3, -0.25) is 0 Å². The summed E-state index contributed by atoms with van der Waals surface area (Å²) in [5.41, 5.74) is 1.84. The lowest BCUT2D eigenvalue weighted by molar-refractivity contribution is -0.0842. The van der Waals surface area contributed by atoms with Crippen LogP contribution in [0.4, 0.5) is 0 Å². The van der Waals surface area contributed by atoms with Crippen LogP contribution in [-0.2, 0) is 16.1 Å². The van der Waals surface area contributed by atoms with E-state index in [1.54, 1.807) is 21.3 Å². The van der Waals surface area contributed by atoms with Gasteiger partial charge >= 0.3 is 0 Å². The molecule has 4 atom stereocenters. The van der Waals surface area contributed by atoms with Gasteiger partial charge in [-0.05, 0) is 36.1 Å². The zero-order valence-electron chi connectivity index (χ0n) is 17.6. The van der Waals surface area contributed by atoms with Gasteiger partial charge in [0.1, 0.15) is 17.6 Å². The monoisotopic (exact) mass is 404 g/mol. The van der Waals surface area contributed by atoms with E-state index in [1.807, 2.05) is 55.5 Å². The van der Waals surface area contributed by atoms with Gasteiger partial charge in [0.05, 0.1) is 39.6 Å². The van der Waals surface area contributed by atoms with Gasteiger partial charge < -0.3 is 29.2 Å². The van der Waals surface area contributed by atoms with E-state index in [2.05, 4.69) is 0 Å². The molecule has 2 aromatic rings. The molecule has 0 aliphatic carbocycles. The first-order chi connectivity index (χ1) is 14.0. The van der Waals surface area contributed by atoms with Crippen LogP contribution >= 0.6 is 0 Å². The topological polar surface area (TPSA) is 77.4 Å². The molecule has 2 aromatic carbocycles. The van der Waals surface area contributed by atoms with E-state index in [0.29, 0.717) is 24.5 Å². The minimum Gasteiger partial charge on any atom is -0.497 e. The largest absolute Gasteiger partial charge is 0.497 e. The smallest absolute Gasteiger partial charge is 0.124 e. The predicted molar refractivity (Wildman–Crippen MR) is 111 cm³/mol. The van der Waals surface area contributed by atoms with Crippen LogP contribution in [0, 0.1) is 5.92 Å². The number of hydrogen-bond donors (Lipinski definition) is 2. The first-order valence-electron chi connectivity index (χ1n) is 9.73. The minimum atomic E-state index is -0.840. The summed E-state index contributed by atoms with van der Waals surface area (Å²) in [6, 6.07) is 15.2. The number of hydrogen-bond acceptors (Lipinski definition) is 6. The van der Waals surface area contributed by atoms with E-state index in [4.69, 9.17) is 18.9 Å². The van der Waals surface area contributed by atoms with Gasteiger partial charge in [0.25, 0.3) is 0 Å². The molecule has 160 valence electrons. The van der Waals surface area contributed by atoms with Gasteiger partial charge in [0, 0.05) is 12.7 Å². The third-order valence-electron chi connectivity index (χ3n) is 5.04. The van der Waals surface area contributed by atoms with Gasteiger partial charge in [0.15, 0.2) is 0 Å². The van der Waals surface area contributed by atoms with Crippen molar-refractivity contribution in [2.75, 3.05) is 27.9 Å². The predicted octanol–water partition coefficient (Wildman–Crippen LogP) is 3.36. The second kappa shape index (κ2) is 11.8. The Hall–Kier alpha value is -2.12. The Kier molecular flexibility index (Phi) is 9.41. The zero-order chi connectivity index (χ0) is 21.2. The lowest BCUT2D eigenvalue weighted by atomic mass is 9.90. The summed E-state index contributed by atoms with van der Waals surface area (Å²) in [7, 11) is 4.84. The average molecular weight is 405 g/mol. The van der Waals surface area contributed by atoms with E-state index in [-0.39, 0.29) is 18.6 Å². The molecule has 0 saturated carbocycles. The summed E-state index contributed by atoms with van der Waals surface area (Å²) in [4.78, 5) is 0. The molecule has 0 bridgehead atoms. The molecular weight excluding hydrogens is 372 g/mol. The van der Waals surface area contributed by atoms with Gasteiger partial charge in [-0.15, -0.1) is 0 Å². The molecule has 0 spiro atoms. The van der Waals surface area contributed by atoms with Crippen LogP contribution in [0.25, 0.3) is 0 Å². The highest BCUT2D eigenvalue weighted by molar-refractivity contribution is 5.42. The maximum Gasteiger partial charge on any atom is 0.124 e. The number of methoxy groups -OCH3 is 3. The summed E-state index contributed by atoms with van der Waals surface area (Å²) in [6.45, 7) is 2.05. The highest BCUT2D eigenvalue weighted by atomic mass is 16.5. The Morgan fingerprint density at radius 2 is 1.69 bits per heavy atom. The first-order valence-corrected chi connectivity index (χ1v) is 9.73. The van der Waals surface area contributed by atoms with Crippen molar-refractivity contribution < 1.29 is 29.2 Å². The van der Waals surface area contributed by atoms with Crippen LogP contribution in [0.2, 0.25) is 0 Å². The van der Waals surface area contributed by atoms with E-state index in [0.717, 1.165) is 11.1 Å². The fraction of sp³-hybridized carbons (Fsp3) is 0.478. The number of ether oxygens (including phenoxy) is 4. The Bertz CT molecular complexity index is 721. The molecule has 0 unspecified atom stereocenters. The summed E-state index contributed by atoms with van der Waals surface area (Å²) in [6.07, 6.45) is -1.45. The third-order valence-corrected chi connectivity index (χ3v) is 5.04. The molecule has 0 heterocycles. The maximum atomic E-state index is 10.7. The lowest BCUT2D eigenvalue weighted by Gasteiger charge is -2.29. The molecular formula is C23H32O6. The molecule has 6 heteroatoms. The molecule has 2 rings (SSSR count). The fourth-order valence-corrected chi connectivity index (χ4v) is 3.45. The maximum absolute atomic E-state index is 10.7. The van der Waals surface area contributed by atoms with Crippen LogP contribution in [0.5, 0.6) is 11.5 Å². The highest BCUT2D eigenvalue weighted by Crippen LogP contribution is 2.37. The van der Waals surface area contributed by atoms with Crippen molar-refractivity contribution in [2.45, 2.75) is 38.3 Å². The second-order valence-corrected chi connectivity index (χ2v) is 7.06. The van der Waals surface area contributed by atoms with Crippen molar-refractivity contribution in [3.8, 4) is 11.5 Å². The van der Waals surface area contributed by atoms with Crippen molar-refractivity contribution in [2.24, 2.45) is 5.92 Å². The molecule has 0 amide bonds. The average Bonchev–Trinajstić information content (AvgIpc) is 2.75. The molecule has 0 radical (unpaired) electrons. The first kappa shape index (κ1) is 23.2. The van der Waals surface area contributed by atoms with Gasteiger partial charge in [-0.1, -0.05) is 37.3 Å². The quantitative estimate of drug-likeness (QED) is 0.565. The molecule has 0 aliphatic rings. The molecule has 0 saturated heterocycles. The third kappa shape index (κ3) is 6.44. The summed E-state index contributed by atoms with van der Waals surface area (Å²) >= 11 is 0. The molecule has 0 aliphatic heterocycles. The fourth-order valence-electron chi connectivity index (χ4n) is 3.45. The molecule has 6 nitrogen and oxygen atoms in total. The van der Waals surface area contributed by atoms with Crippen molar-refractivity contribution in [1.82, 2.24) is 0 Å². The van der Waals surface area contributed by atoms with Gasteiger partial charge in [-0.2, -0.15) is 0 Å². The van der Waals surface area contributed by atoms with Gasteiger partial charge in [0.2, 0.25) is 0 Å². The van der Waals surface area contributed by atoms with E-state index >= 15 is 0 Å². The Morgan fingerprint density at radius 1 is 0.966 bits per heavy atom. The Balaban J connectivity index is 2.06. The molecule has 0 aromatic heterocycles. The number of aliphatic hydroxyl groups excluding tert-OH is 2. The van der Waals surface area contributed by atoms with Crippen molar-refractivity contribution in [3.05, 3.63) is 59.7 Å². The number of aliphatic hydroxyl groups is 2. The number of benzene rings is 2. The summed E-state index contributed by atoms with van der Waals surface area (Å²) < 4.78 is 22.3. The SMILES string of the molecule is COc1ccc(OC)c([C@H](OC)[C@@H](C)C[C@H](O)[C@@H](CO)OCc2ccccc2)c1. The van der Waals surface area contributed by atoms with Crippen molar-refractivity contribution >= 4 is 0 Å². The normalized spacial score (nSPS) is 15.4. The second-order valence-electron chi connectivity index (χ2n) is 7.06. The van der Waals surface area contributed by atoms with E-state index in [9.17, 15) is 10.2 Å². The van der Waals surface area contributed by atoms with Crippen LogP contribution < -0.4 is 9.47 Å². The minimum absolute atomic E-state index is 0.0645. The molecule has 0 fully saturated rings. The van der Waals surface area contributed by atoms with Crippen LogP contribution in [-0.4, -0.2) is 50.4 Å². The van der Waals surface area contributed by atoms with Crippen LogP contribution in [0.15, 0.2) is 48.5 Å². The highest BCUT2D eigenvalue weighted by Gasteiger charge is 2.28. The summed E-state index contributed by atoms with van der Waals surface area (Å²) in [5.74, 6) is 1.33. The lowest BCUT2D eigenvalue weighted by Crippen LogP contribution is -2.34. The van der Waals surface area contributed by atoms with Gasteiger partial charge in [-0.25, -0.2) is 0 Å². The molecule has 29 heavy (non-hydrogen) atoms. The Morgan fingerprint density at radius 3 is 2.28 bits per heavy atom. The Labute approximate surface area is 173 Å². The van der Waals surface area contributed by atoms with Crippen LogP contribution in [0.3, 0.4) is 0 Å². The van der Waals surface area contributed by atoms with E-state index in [1.165, 1.54) is 0 Å². The van der Waals surface area contributed by atoms with Crippen LogP contribution in [0.1, 0.15) is 30.6 Å². The zero-order valence-corrected chi connectivity index (χ0v) is 17.6. The molecule has 2 N–H and O–H groups in total. The van der Waals surface area contributed by atoms with Crippen molar-refractivity contribution in [1.29, 1.82) is 0 Å².